The third kappa shape index (κ3) is 5.53. The lowest BCUT2D eigenvalue weighted by Crippen LogP contribution is -2.26. The summed E-state index contributed by atoms with van der Waals surface area (Å²) in [6.07, 6.45) is -2.20. The number of halogens is 4. The summed E-state index contributed by atoms with van der Waals surface area (Å²) in [6, 6.07) is 4.55. The van der Waals surface area contributed by atoms with Crippen LogP contribution in [0.5, 0.6) is 0 Å². The van der Waals surface area contributed by atoms with Crippen molar-refractivity contribution in [2.24, 2.45) is 0 Å². The predicted molar refractivity (Wildman–Crippen MR) is 75.6 cm³/mol. The van der Waals surface area contributed by atoms with Crippen LogP contribution < -0.4 is 5.32 Å². The Bertz CT molecular complexity index is 431. The van der Waals surface area contributed by atoms with Gasteiger partial charge in [0.15, 0.2) is 0 Å². The van der Waals surface area contributed by atoms with Crippen LogP contribution in [-0.2, 0) is 11.0 Å². The van der Waals surface area contributed by atoms with E-state index in [1.807, 2.05) is 0 Å². The van der Waals surface area contributed by atoms with E-state index in [4.69, 9.17) is 0 Å². The molecule has 1 aromatic rings. The van der Waals surface area contributed by atoms with E-state index in [0.29, 0.717) is 12.0 Å². The van der Waals surface area contributed by atoms with Crippen LogP contribution in [0.3, 0.4) is 0 Å². The summed E-state index contributed by atoms with van der Waals surface area (Å²) in [5.41, 5.74) is -0.0241. The van der Waals surface area contributed by atoms with Gasteiger partial charge in [-0.3, -0.25) is 4.79 Å². The van der Waals surface area contributed by atoms with E-state index >= 15 is 0 Å². The van der Waals surface area contributed by atoms with Crippen LogP contribution in [0, 0.1) is 0 Å². The van der Waals surface area contributed by atoms with Gasteiger partial charge in [-0.15, -0.1) is 0 Å². The minimum absolute atomic E-state index is 0.0849. The lowest BCUT2D eigenvalue weighted by atomic mass is 10.1. The maximum absolute atomic E-state index is 12.4. The molecule has 1 rings (SSSR count). The molecule has 0 spiro atoms. The molecule has 112 valence electrons. The third-order valence-electron chi connectivity index (χ3n) is 2.90. The summed E-state index contributed by atoms with van der Waals surface area (Å²) < 4.78 is 37.3. The van der Waals surface area contributed by atoms with Gasteiger partial charge in [-0.25, -0.2) is 0 Å². The van der Waals surface area contributed by atoms with Crippen LogP contribution >= 0.6 is 15.9 Å². The van der Waals surface area contributed by atoms with Crippen molar-refractivity contribution < 1.29 is 18.0 Å². The summed E-state index contributed by atoms with van der Waals surface area (Å²) in [6.45, 7) is 1.75. The van der Waals surface area contributed by atoms with Crippen molar-refractivity contribution in [2.75, 3.05) is 5.33 Å². The zero-order valence-electron chi connectivity index (χ0n) is 11.1. The molecule has 1 atom stereocenters. The smallest absolute Gasteiger partial charge is 0.350 e. The van der Waals surface area contributed by atoms with E-state index in [0.717, 1.165) is 30.3 Å². The van der Waals surface area contributed by atoms with Crippen LogP contribution in [0.15, 0.2) is 24.3 Å². The molecule has 1 unspecified atom stereocenters. The molecule has 0 fully saturated rings. The Balaban J connectivity index is 2.55. The molecule has 1 aromatic carbocycles. The number of rotatable bonds is 6. The van der Waals surface area contributed by atoms with Crippen molar-refractivity contribution in [3.63, 3.8) is 0 Å². The van der Waals surface area contributed by atoms with Crippen molar-refractivity contribution in [1.82, 2.24) is 5.32 Å². The lowest BCUT2D eigenvalue weighted by Gasteiger charge is -2.15. The molecule has 2 nitrogen and oxygen atoms in total. The van der Waals surface area contributed by atoms with Crippen LogP contribution in [0.2, 0.25) is 0 Å². The van der Waals surface area contributed by atoms with Crippen molar-refractivity contribution in [3.8, 4) is 0 Å². The fourth-order valence-corrected chi connectivity index (χ4v) is 2.13. The van der Waals surface area contributed by atoms with Gasteiger partial charge in [-0.2, -0.15) is 13.2 Å². The number of hydrogen-bond donors (Lipinski definition) is 1. The minimum atomic E-state index is -4.33. The Kier molecular flexibility index (Phi) is 6.52. The second kappa shape index (κ2) is 7.67. The molecule has 6 heteroatoms. The summed E-state index contributed by atoms with van der Waals surface area (Å²) in [5, 5.41) is 3.63. The van der Waals surface area contributed by atoms with Gasteiger partial charge < -0.3 is 5.32 Å². The van der Waals surface area contributed by atoms with Crippen LogP contribution in [0.1, 0.15) is 43.4 Å². The summed E-state index contributed by atoms with van der Waals surface area (Å²) >= 11 is 3.29. The minimum Gasteiger partial charge on any atom is -0.350 e. The summed E-state index contributed by atoms with van der Waals surface area (Å²) in [5.74, 6) is -0.0849. The van der Waals surface area contributed by atoms with E-state index in [1.165, 1.54) is 12.1 Å². The molecular weight excluding hydrogens is 335 g/mol. The van der Waals surface area contributed by atoms with Crippen LogP contribution in [0.4, 0.5) is 13.2 Å². The monoisotopic (exact) mass is 351 g/mol. The number of hydrogen-bond acceptors (Lipinski definition) is 1. The van der Waals surface area contributed by atoms with Crippen molar-refractivity contribution in [1.29, 1.82) is 0 Å². The van der Waals surface area contributed by atoms with Gasteiger partial charge in [0.1, 0.15) is 0 Å². The Morgan fingerprint density at radius 3 is 2.35 bits per heavy atom. The second-order valence-electron chi connectivity index (χ2n) is 4.56. The molecule has 0 aromatic heterocycles. The van der Waals surface area contributed by atoms with Gasteiger partial charge in [0.25, 0.3) is 0 Å². The largest absolute Gasteiger partial charge is 0.416 e. The molecule has 0 radical (unpaired) electrons. The zero-order valence-corrected chi connectivity index (χ0v) is 12.7. The molecule has 1 amide bonds. The summed E-state index contributed by atoms with van der Waals surface area (Å²) in [7, 11) is 0. The topological polar surface area (TPSA) is 29.1 Å². The highest BCUT2D eigenvalue weighted by Crippen LogP contribution is 2.29. The number of benzene rings is 1. The molecule has 0 saturated heterocycles. The SMILES string of the molecule is CC(NC(=O)CCCCBr)c1ccc(C(F)(F)F)cc1. The molecule has 0 heterocycles. The normalized spacial score (nSPS) is 13.1. The highest BCUT2D eigenvalue weighted by Gasteiger charge is 2.30. The Morgan fingerprint density at radius 1 is 1.25 bits per heavy atom. The summed E-state index contributed by atoms with van der Waals surface area (Å²) in [4.78, 5) is 11.6. The molecule has 0 aliphatic carbocycles. The average Bonchev–Trinajstić information content (AvgIpc) is 2.38. The fraction of sp³-hybridized carbons (Fsp3) is 0.500. The Morgan fingerprint density at radius 2 is 1.85 bits per heavy atom. The van der Waals surface area contributed by atoms with Crippen molar-refractivity contribution in [3.05, 3.63) is 35.4 Å². The molecule has 0 bridgehead atoms. The number of nitrogens with one attached hydrogen (secondary N) is 1. The molecule has 0 aliphatic heterocycles. The maximum atomic E-state index is 12.4. The fourth-order valence-electron chi connectivity index (χ4n) is 1.74. The van der Waals surface area contributed by atoms with Gasteiger partial charge in [-0.1, -0.05) is 28.1 Å². The highest BCUT2D eigenvalue weighted by molar-refractivity contribution is 9.09. The molecule has 0 aliphatic rings. The first-order valence-electron chi connectivity index (χ1n) is 6.37. The number of alkyl halides is 4. The van der Waals surface area contributed by atoms with Gasteiger partial charge >= 0.3 is 6.18 Å². The highest BCUT2D eigenvalue weighted by atomic mass is 79.9. The molecular formula is C14H17BrF3NO. The first kappa shape index (κ1) is 17.0. The zero-order chi connectivity index (χ0) is 15.2. The number of amides is 1. The van der Waals surface area contributed by atoms with Crippen LogP contribution in [-0.4, -0.2) is 11.2 Å². The van der Waals surface area contributed by atoms with E-state index in [2.05, 4.69) is 21.2 Å². The second-order valence-corrected chi connectivity index (χ2v) is 5.35. The van der Waals surface area contributed by atoms with Gasteiger partial charge in [0.2, 0.25) is 5.91 Å². The Labute approximate surface area is 124 Å². The first-order valence-corrected chi connectivity index (χ1v) is 7.49. The van der Waals surface area contributed by atoms with Gasteiger partial charge in [0, 0.05) is 11.8 Å². The van der Waals surface area contributed by atoms with E-state index in [1.54, 1.807) is 6.92 Å². The number of unbranched alkanes of at least 4 members (excludes halogenated alkanes) is 1. The van der Waals surface area contributed by atoms with E-state index in [-0.39, 0.29) is 11.9 Å². The average molecular weight is 352 g/mol. The lowest BCUT2D eigenvalue weighted by molar-refractivity contribution is -0.137. The third-order valence-corrected chi connectivity index (χ3v) is 3.46. The number of carbonyl (C=O) groups is 1. The molecule has 1 N–H and O–H groups in total. The molecule has 0 saturated carbocycles. The van der Waals surface area contributed by atoms with Gasteiger partial charge in [-0.05, 0) is 37.5 Å². The van der Waals surface area contributed by atoms with Crippen molar-refractivity contribution in [2.45, 2.75) is 38.4 Å². The van der Waals surface area contributed by atoms with Crippen molar-refractivity contribution >= 4 is 21.8 Å². The molecule has 20 heavy (non-hydrogen) atoms. The predicted octanol–water partition coefficient (Wildman–Crippen LogP) is 4.45. The van der Waals surface area contributed by atoms with Gasteiger partial charge in [0.05, 0.1) is 11.6 Å². The Hall–Kier alpha value is -1.04. The van der Waals surface area contributed by atoms with E-state index in [9.17, 15) is 18.0 Å². The van der Waals surface area contributed by atoms with E-state index < -0.39 is 11.7 Å². The van der Waals surface area contributed by atoms with Crippen LogP contribution in [0.25, 0.3) is 0 Å². The quantitative estimate of drug-likeness (QED) is 0.595. The number of carbonyl (C=O) groups excluding carboxylic acids is 1. The first-order chi connectivity index (χ1) is 9.34. The standard InChI is InChI=1S/C14H17BrF3NO/c1-10(19-13(20)4-2-3-9-15)11-5-7-12(8-6-11)14(16,17)18/h5-8,10H,2-4,9H2,1H3,(H,19,20). The maximum Gasteiger partial charge on any atom is 0.416 e.